The van der Waals surface area contributed by atoms with Gasteiger partial charge in [-0.15, -0.1) is 0 Å². The van der Waals surface area contributed by atoms with E-state index in [0.717, 1.165) is 22.4 Å². The van der Waals surface area contributed by atoms with Crippen LogP contribution in [0.15, 0.2) is 78.9 Å². The second-order valence-corrected chi connectivity index (χ2v) is 6.54. The molecule has 0 unspecified atom stereocenters. The Labute approximate surface area is 171 Å². The molecule has 0 saturated heterocycles. The Kier molecular flexibility index (Phi) is 7.66. The van der Waals surface area contributed by atoms with E-state index in [1.807, 2.05) is 54.6 Å². The van der Waals surface area contributed by atoms with Crippen molar-refractivity contribution in [3.05, 3.63) is 95.6 Å². The van der Waals surface area contributed by atoms with Crippen molar-refractivity contribution < 1.29 is 19.0 Å². The number of hydrogen-bond acceptors (Lipinski definition) is 4. The second kappa shape index (κ2) is 10.9. The van der Waals surface area contributed by atoms with Gasteiger partial charge in [-0.3, -0.25) is 4.79 Å². The van der Waals surface area contributed by atoms with Crippen LogP contribution in [0.5, 0.6) is 11.5 Å². The third-order valence-corrected chi connectivity index (χ3v) is 4.32. The molecular weight excluding hydrogens is 366 g/mol. The number of carbonyl (C=O) groups is 1. The van der Waals surface area contributed by atoms with Gasteiger partial charge in [0.1, 0.15) is 11.5 Å². The highest BCUT2D eigenvalue weighted by Crippen LogP contribution is 2.16. The molecule has 0 radical (unpaired) electrons. The summed E-state index contributed by atoms with van der Waals surface area (Å²) in [4.78, 5) is 12.0. The van der Waals surface area contributed by atoms with Crippen molar-refractivity contribution in [3.8, 4) is 11.5 Å². The van der Waals surface area contributed by atoms with Crippen molar-refractivity contribution in [2.75, 3.05) is 13.7 Å². The highest BCUT2D eigenvalue weighted by atomic mass is 16.5. The Morgan fingerprint density at radius 3 is 2.00 bits per heavy atom. The van der Waals surface area contributed by atoms with E-state index < -0.39 is 0 Å². The predicted octanol–water partition coefficient (Wildman–Crippen LogP) is 4.11. The number of nitrogens with one attached hydrogen (secondary N) is 1. The number of rotatable bonds is 10. The number of methoxy groups -OCH3 is 1. The number of benzene rings is 3. The third-order valence-electron chi connectivity index (χ3n) is 4.32. The summed E-state index contributed by atoms with van der Waals surface area (Å²) in [7, 11) is 1.60. The first kappa shape index (κ1) is 20.4. The monoisotopic (exact) mass is 391 g/mol. The van der Waals surface area contributed by atoms with Crippen LogP contribution in [0.4, 0.5) is 0 Å². The molecule has 0 aromatic heterocycles. The Balaban J connectivity index is 1.36. The van der Waals surface area contributed by atoms with Crippen LogP contribution in [-0.4, -0.2) is 19.6 Å². The molecule has 0 saturated carbocycles. The average molecular weight is 391 g/mol. The van der Waals surface area contributed by atoms with E-state index in [9.17, 15) is 4.79 Å². The molecule has 0 spiro atoms. The summed E-state index contributed by atoms with van der Waals surface area (Å²) >= 11 is 0. The van der Waals surface area contributed by atoms with Crippen LogP contribution in [-0.2, 0) is 29.3 Å². The van der Waals surface area contributed by atoms with Gasteiger partial charge in [0.15, 0.2) is 6.61 Å². The largest absolute Gasteiger partial charge is 0.497 e. The lowest BCUT2D eigenvalue weighted by atomic mass is 10.1. The van der Waals surface area contributed by atoms with Crippen LogP contribution >= 0.6 is 0 Å². The molecule has 3 aromatic rings. The minimum atomic E-state index is -0.170. The maximum Gasteiger partial charge on any atom is 0.258 e. The summed E-state index contributed by atoms with van der Waals surface area (Å²) in [6.07, 6.45) is 0. The summed E-state index contributed by atoms with van der Waals surface area (Å²) in [5, 5.41) is 2.86. The molecule has 150 valence electrons. The second-order valence-electron chi connectivity index (χ2n) is 6.54. The van der Waals surface area contributed by atoms with E-state index in [1.165, 1.54) is 0 Å². The number of hydrogen-bond donors (Lipinski definition) is 1. The summed E-state index contributed by atoms with van der Waals surface area (Å²) < 4.78 is 16.3. The van der Waals surface area contributed by atoms with Crippen molar-refractivity contribution in [1.82, 2.24) is 5.32 Å². The van der Waals surface area contributed by atoms with Gasteiger partial charge in [0.2, 0.25) is 0 Å². The van der Waals surface area contributed by atoms with Gasteiger partial charge < -0.3 is 19.5 Å². The zero-order chi connectivity index (χ0) is 20.3. The minimum Gasteiger partial charge on any atom is -0.497 e. The first-order chi connectivity index (χ1) is 14.2. The molecule has 3 rings (SSSR count). The van der Waals surface area contributed by atoms with Crippen molar-refractivity contribution in [1.29, 1.82) is 0 Å². The summed E-state index contributed by atoms with van der Waals surface area (Å²) in [6, 6.07) is 25.2. The molecular formula is C24H25NO4. The fourth-order valence-electron chi connectivity index (χ4n) is 2.69. The van der Waals surface area contributed by atoms with E-state index in [0.29, 0.717) is 25.5 Å². The lowest BCUT2D eigenvalue weighted by Gasteiger charge is -2.09. The highest BCUT2D eigenvalue weighted by molar-refractivity contribution is 5.77. The summed E-state index contributed by atoms with van der Waals surface area (Å²) in [5.41, 5.74) is 3.28. The van der Waals surface area contributed by atoms with E-state index >= 15 is 0 Å². The number of ether oxygens (including phenoxy) is 3. The lowest BCUT2D eigenvalue weighted by molar-refractivity contribution is -0.123. The molecule has 3 aromatic carbocycles. The first-order valence-electron chi connectivity index (χ1n) is 9.46. The van der Waals surface area contributed by atoms with Gasteiger partial charge in [-0.2, -0.15) is 0 Å². The molecule has 1 N–H and O–H groups in total. The molecule has 0 aliphatic heterocycles. The molecule has 0 heterocycles. The molecule has 5 heteroatoms. The predicted molar refractivity (Wildman–Crippen MR) is 112 cm³/mol. The number of amides is 1. The topological polar surface area (TPSA) is 56.8 Å². The quantitative estimate of drug-likeness (QED) is 0.565. The molecule has 0 aliphatic rings. The smallest absolute Gasteiger partial charge is 0.258 e. The fraction of sp³-hybridized carbons (Fsp3) is 0.208. The maximum atomic E-state index is 12.0. The van der Waals surface area contributed by atoms with E-state index in [1.54, 1.807) is 31.4 Å². The molecule has 0 fully saturated rings. The third kappa shape index (κ3) is 6.97. The van der Waals surface area contributed by atoms with Crippen LogP contribution in [0, 0.1) is 0 Å². The average Bonchev–Trinajstić information content (AvgIpc) is 2.78. The van der Waals surface area contributed by atoms with Crippen molar-refractivity contribution in [2.24, 2.45) is 0 Å². The zero-order valence-corrected chi connectivity index (χ0v) is 16.5. The van der Waals surface area contributed by atoms with E-state index in [2.05, 4.69) is 5.32 Å². The highest BCUT2D eigenvalue weighted by Gasteiger charge is 2.04. The Hall–Kier alpha value is -3.31. The molecule has 0 bridgehead atoms. The van der Waals surface area contributed by atoms with Gasteiger partial charge in [-0.1, -0.05) is 54.6 Å². The standard InChI is InChI=1S/C24H25NO4/c1-27-22-11-13-23(14-12-22)29-18-24(26)25-15-19-7-9-21(10-8-19)17-28-16-20-5-3-2-4-6-20/h2-14H,15-18H2,1H3,(H,25,26). The van der Waals surface area contributed by atoms with Crippen LogP contribution in [0.25, 0.3) is 0 Å². The van der Waals surface area contributed by atoms with Gasteiger partial charge in [0.25, 0.3) is 5.91 Å². The Morgan fingerprint density at radius 2 is 1.34 bits per heavy atom. The van der Waals surface area contributed by atoms with E-state index in [4.69, 9.17) is 14.2 Å². The van der Waals surface area contributed by atoms with Gasteiger partial charge in [-0.05, 0) is 41.0 Å². The summed E-state index contributed by atoms with van der Waals surface area (Å²) in [5.74, 6) is 1.20. The van der Waals surface area contributed by atoms with Gasteiger partial charge in [-0.25, -0.2) is 0 Å². The normalized spacial score (nSPS) is 10.4. The van der Waals surface area contributed by atoms with Crippen molar-refractivity contribution >= 4 is 5.91 Å². The summed E-state index contributed by atoms with van der Waals surface area (Å²) in [6.45, 7) is 1.57. The van der Waals surface area contributed by atoms with Crippen LogP contribution in [0.3, 0.4) is 0 Å². The van der Waals surface area contributed by atoms with Crippen LogP contribution < -0.4 is 14.8 Å². The molecule has 0 atom stereocenters. The zero-order valence-electron chi connectivity index (χ0n) is 16.5. The molecule has 29 heavy (non-hydrogen) atoms. The fourth-order valence-corrected chi connectivity index (χ4v) is 2.69. The maximum absolute atomic E-state index is 12.0. The Morgan fingerprint density at radius 1 is 0.759 bits per heavy atom. The van der Waals surface area contributed by atoms with Crippen molar-refractivity contribution in [2.45, 2.75) is 19.8 Å². The van der Waals surface area contributed by atoms with Gasteiger partial charge in [0.05, 0.1) is 20.3 Å². The van der Waals surface area contributed by atoms with Crippen LogP contribution in [0.2, 0.25) is 0 Å². The Bertz CT molecular complexity index is 877. The van der Waals surface area contributed by atoms with Gasteiger partial charge in [0, 0.05) is 6.54 Å². The number of carbonyl (C=O) groups excluding carboxylic acids is 1. The molecule has 5 nitrogen and oxygen atoms in total. The minimum absolute atomic E-state index is 0.0300. The lowest BCUT2D eigenvalue weighted by Crippen LogP contribution is -2.28. The van der Waals surface area contributed by atoms with Crippen molar-refractivity contribution in [3.63, 3.8) is 0 Å². The molecule has 0 aliphatic carbocycles. The molecule has 1 amide bonds. The SMILES string of the molecule is COc1ccc(OCC(=O)NCc2ccc(COCc3ccccc3)cc2)cc1. The van der Waals surface area contributed by atoms with E-state index in [-0.39, 0.29) is 12.5 Å². The van der Waals surface area contributed by atoms with Crippen LogP contribution in [0.1, 0.15) is 16.7 Å². The van der Waals surface area contributed by atoms with Gasteiger partial charge >= 0.3 is 0 Å². The first-order valence-corrected chi connectivity index (χ1v) is 9.46.